The first kappa shape index (κ1) is 21.6. The quantitative estimate of drug-likeness (QED) is 0.411. The van der Waals surface area contributed by atoms with E-state index in [4.69, 9.17) is 4.74 Å². The Hall–Kier alpha value is -3.65. The summed E-state index contributed by atoms with van der Waals surface area (Å²) in [5.41, 5.74) is 4.06. The van der Waals surface area contributed by atoms with Crippen molar-refractivity contribution in [1.29, 1.82) is 0 Å². The lowest BCUT2D eigenvalue weighted by Crippen LogP contribution is -2.21. The number of carbonyl (C=O) groups is 2. The number of amides is 1. The standard InChI is InChI=1S/C24H20FN3O3S/c1-3-18-14(2)22(17-6-4-5-7-19(17)26-18)23(30)31-12-21(29)28-24-27-20(13-32-24)15-8-10-16(25)11-9-15/h4-11,13H,3,12H2,1-2H3,(H,27,28,29). The maximum Gasteiger partial charge on any atom is 0.339 e. The van der Waals surface area contributed by atoms with Gasteiger partial charge in [0.2, 0.25) is 0 Å². The maximum atomic E-state index is 13.1. The van der Waals surface area contributed by atoms with Crippen molar-refractivity contribution in [2.45, 2.75) is 20.3 Å². The molecule has 2 aromatic heterocycles. The minimum absolute atomic E-state index is 0.331. The van der Waals surface area contributed by atoms with Gasteiger partial charge < -0.3 is 4.74 Å². The molecule has 1 N–H and O–H groups in total. The molecule has 0 atom stereocenters. The van der Waals surface area contributed by atoms with Gasteiger partial charge in [0.1, 0.15) is 5.82 Å². The SMILES string of the molecule is CCc1nc2ccccc2c(C(=O)OCC(=O)Nc2nc(-c3ccc(F)cc3)cs2)c1C. The van der Waals surface area contributed by atoms with E-state index >= 15 is 0 Å². The van der Waals surface area contributed by atoms with Crippen LogP contribution in [0.1, 0.15) is 28.5 Å². The molecule has 0 radical (unpaired) electrons. The zero-order valence-corrected chi connectivity index (χ0v) is 18.3. The first-order chi connectivity index (χ1) is 15.5. The second-order valence-electron chi connectivity index (χ2n) is 7.10. The van der Waals surface area contributed by atoms with Crippen LogP contribution in [-0.2, 0) is 16.0 Å². The molecule has 6 nitrogen and oxygen atoms in total. The fourth-order valence-corrected chi connectivity index (χ4v) is 4.14. The van der Waals surface area contributed by atoms with Gasteiger partial charge in [-0.3, -0.25) is 15.1 Å². The number of para-hydroxylation sites is 1. The van der Waals surface area contributed by atoms with Crippen molar-refractivity contribution in [1.82, 2.24) is 9.97 Å². The summed E-state index contributed by atoms with van der Waals surface area (Å²) in [5.74, 6) is -1.40. The highest BCUT2D eigenvalue weighted by Gasteiger charge is 2.20. The molecule has 4 aromatic rings. The summed E-state index contributed by atoms with van der Waals surface area (Å²) in [7, 11) is 0. The maximum absolute atomic E-state index is 13.1. The van der Waals surface area contributed by atoms with Crippen molar-refractivity contribution in [3.63, 3.8) is 0 Å². The lowest BCUT2D eigenvalue weighted by molar-refractivity contribution is -0.119. The number of thiazole rings is 1. The van der Waals surface area contributed by atoms with Gasteiger partial charge in [0.15, 0.2) is 11.7 Å². The van der Waals surface area contributed by atoms with E-state index in [0.29, 0.717) is 33.7 Å². The Morgan fingerprint density at radius 3 is 2.59 bits per heavy atom. The predicted molar refractivity (Wildman–Crippen MR) is 122 cm³/mol. The molecule has 8 heteroatoms. The minimum Gasteiger partial charge on any atom is -0.452 e. The molecular weight excluding hydrogens is 429 g/mol. The lowest BCUT2D eigenvalue weighted by atomic mass is 10.0. The molecule has 1 amide bonds. The number of halogens is 1. The highest BCUT2D eigenvalue weighted by atomic mass is 32.1. The molecule has 2 aromatic carbocycles. The van der Waals surface area contributed by atoms with E-state index in [-0.39, 0.29) is 5.82 Å². The number of carbonyl (C=O) groups excluding carboxylic acids is 2. The molecule has 0 spiro atoms. The Balaban J connectivity index is 1.44. The third kappa shape index (κ3) is 4.50. The number of esters is 1. The van der Waals surface area contributed by atoms with Crippen LogP contribution in [0.5, 0.6) is 0 Å². The number of benzene rings is 2. The molecular formula is C24H20FN3O3S. The molecule has 0 saturated heterocycles. The zero-order chi connectivity index (χ0) is 22.7. The van der Waals surface area contributed by atoms with Crippen LogP contribution in [0.4, 0.5) is 9.52 Å². The third-order valence-corrected chi connectivity index (χ3v) is 5.76. The Labute approximate surface area is 188 Å². The van der Waals surface area contributed by atoms with Crippen LogP contribution >= 0.6 is 11.3 Å². The molecule has 0 unspecified atom stereocenters. The number of hydrogen-bond donors (Lipinski definition) is 1. The first-order valence-electron chi connectivity index (χ1n) is 10.0. The normalized spacial score (nSPS) is 10.8. The number of rotatable bonds is 6. The van der Waals surface area contributed by atoms with E-state index in [1.165, 1.54) is 23.5 Å². The third-order valence-electron chi connectivity index (χ3n) is 5.00. The lowest BCUT2D eigenvalue weighted by Gasteiger charge is -2.13. The molecule has 0 saturated carbocycles. The van der Waals surface area contributed by atoms with E-state index in [0.717, 1.165) is 16.8 Å². The topological polar surface area (TPSA) is 81.2 Å². The van der Waals surface area contributed by atoms with E-state index < -0.39 is 18.5 Å². The van der Waals surface area contributed by atoms with Crippen LogP contribution in [-0.4, -0.2) is 28.5 Å². The average molecular weight is 450 g/mol. The van der Waals surface area contributed by atoms with E-state index in [1.807, 2.05) is 38.1 Å². The molecule has 2 heterocycles. The van der Waals surface area contributed by atoms with Crippen molar-refractivity contribution < 1.29 is 18.7 Å². The number of ether oxygens (including phenoxy) is 1. The molecule has 32 heavy (non-hydrogen) atoms. The van der Waals surface area contributed by atoms with Gasteiger partial charge in [0.05, 0.1) is 16.8 Å². The average Bonchev–Trinajstić information content (AvgIpc) is 3.26. The van der Waals surface area contributed by atoms with Crippen LogP contribution < -0.4 is 5.32 Å². The monoisotopic (exact) mass is 449 g/mol. The number of nitrogens with zero attached hydrogens (tertiary/aromatic N) is 2. The highest BCUT2D eigenvalue weighted by Crippen LogP contribution is 2.26. The summed E-state index contributed by atoms with van der Waals surface area (Å²) in [4.78, 5) is 34.1. The van der Waals surface area contributed by atoms with Crippen LogP contribution in [0.25, 0.3) is 22.2 Å². The van der Waals surface area contributed by atoms with Gasteiger partial charge in [0, 0.05) is 22.0 Å². The smallest absolute Gasteiger partial charge is 0.339 e. The summed E-state index contributed by atoms with van der Waals surface area (Å²) in [6.45, 7) is 3.37. The van der Waals surface area contributed by atoms with E-state index in [1.54, 1.807) is 17.5 Å². The summed E-state index contributed by atoms with van der Waals surface area (Å²) in [6.07, 6.45) is 0.678. The number of fused-ring (bicyclic) bond motifs is 1. The number of aryl methyl sites for hydroxylation is 1. The number of aromatic nitrogens is 2. The summed E-state index contributed by atoms with van der Waals surface area (Å²) < 4.78 is 18.4. The van der Waals surface area contributed by atoms with Crippen molar-refractivity contribution in [2.75, 3.05) is 11.9 Å². The van der Waals surface area contributed by atoms with Gasteiger partial charge in [-0.05, 0) is 49.2 Å². The van der Waals surface area contributed by atoms with Gasteiger partial charge in [0.25, 0.3) is 5.91 Å². The Morgan fingerprint density at radius 2 is 1.84 bits per heavy atom. The largest absolute Gasteiger partial charge is 0.452 e. The van der Waals surface area contributed by atoms with Gasteiger partial charge >= 0.3 is 5.97 Å². The molecule has 0 aliphatic rings. The second kappa shape index (κ2) is 9.23. The zero-order valence-electron chi connectivity index (χ0n) is 17.5. The van der Waals surface area contributed by atoms with E-state index in [2.05, 4.69) is 15.3 Å². The van der Waals surface area contributed by atoms with Crippen molar-refractivity contribution in [2.24, 2.45) is 0 Å². The fourth-order valence-electron chi connectivity index (χ4n) is 3.41. The van der Waals surface area contributed by atoms with Gasteiger partial charge in [-0.25, -0.2) is 14.2 Å². The van der Waals surface area contributed by atoms with Gasteiger partial charge in [-0.2, -0.15) is 0 Å². The van der Waals surface area contributed by atoms with Crippen molar-refractivity contribution in [3.05, 3.63) is 76.5 Å². The number of nitrogens with one attached hydrogen (secondary N) is 1. The summed E-state index contributed by atoms with van der Waals surface area (Å²) in [5, 5.41) is 5.44. The van der Waals surface area contributed by atoms with Crippen LogP contribution in [0.3, 0.4) is 0 Å². The van der Waals surface area contributed by atoms with Crippen molar-refractivity contribution >= 4 is 39.2 Å². The molecule has 0 aliphatic heterocycles. The molecule has 162 valence electrons. The Morgan fingerprint density at radius 1 is 1.09 bits per heavy atom. The Bertz CT molecular complexity index is 1300. The second-order valence-corrected chi connectivity index (χ2v) is 7.96. The molecule has 4 rings (SSSR count). The Kier molecular flexibility index (Phi) is 6.23. The molecule has 0 aliphatic carbocycles. The van der Waals surface area contributed by atoms with Crippen LogP contribution in [0.15, 0.2) is 53.9 Å². The highest BCUT2D eigenvalue weighted by molar-refractivity contribution is 7.14. The predicted octanol–water partition coefficient (Wildman–Crippen LogP) is 5.16. The summed E-state index contributed by atoms with van der Waals surface area (Å²) in [6, 6.07) is 13.3. The van der Waals surface area contributed by atoms with Crippen LogP contribution in [0, 0.1) is 12.7 Å². The van der Waals surface area contributed by atoms with Crippen LogP contribution in [0.2, 0.25) is 0 Å². The van der Waals surface area contributed by atoms with E-state index in [9.17, 15) is 14.0 Å². The minimum atomic E-state index is -0.572. The van der Waals surface area contributed by atoms with Crippen molar-refractivity contribution in [3.8, 4) is 11.3 Å². The summed E-state index contributed by atoms with van der Waals surface area (Å²) >= 11 is 1.23. The first-order valence-corrected chi connectivity index (χ1v) is 10.9. The van der Waals surface area contributed by atoms with Gasteiger partial charge in [-0.1, -0.05) is 25.1 Å². The van der Waals surface area contributed by atoms with Gasteiger partial charge in [-0.15, -0.1) is 11.3 Å². The number of pyridine rings is 1. The molecule has 0 bridgehead atoms. The number of anilines is 1. The molecule has 0 fully saturated rings. The number of hydrogen-bond acceptors (Lipinski definition) is 6. The fraction of sp³-hybridized carbons (Fsp3) is 0.167.